The molecule has 2 heterocycles. The number of hydrogen-bond acceptors (Lipinski definition) is 4. The number of benzene rings is 1. The van der Waals surface area contributed by atoms with Crippen molar-refractivity contribution in [3.8, 4) is 11.5 Å². The predicted octanol–water partition coefficient (Wildman–Crippen LogP) is 1.90. The average Bonchev–Trinajstić information content (AvgIpc) is 2.85. The van der Waals surface area contributed by atoms with Crippen molar-refractivity contribution in [2.75, 3.05) is 26.4 Å². The van der Waals surface area contributed by atoms with E-state index in [-0.39, 0.29) is 0 Å². The second-order valence-electron chi connectivity index (χ2n) is 4.77. The summed E-state index contributed by atoms with van der Waals surface area (Å²) in [6, 6.07) is 4.74. The fraction of sp³-hybridized carbons (Fsp3) is 0.571. The Morgan fingerprint density at radius 3 is 2.67 bits per heavy atom. The van der Waals surface area contributed by atoms with Crippen LogP contribution in [0.4, 0.5) is 0 Å². The summed E-state index contributed by atoms with van der Waals surface area (Å²) in [5, 5.41) is 3.49. The molecule has 4 nitrogen and oxygen atoms in total. The molecule has 0 unspecified atom stereocenters. The monoisotopic (exact) mass is 248 g/mol. The van der Waals surface area contributed by atoms with E-state index in [4.69, 9.17) is 9.47 Å². The van der Waals surface area contributed by atoms with Crippen LogP contribution in [0.1, 0.15) is 31.0 Å². The van der Waals surface area contributed by atoms with Gasteiger partial charge in [0.15, 0.2) is 11.5 Å². The first-order valence-electron chi connectivity index (χ1n) is 6.70. The van der Waals surface area contributed by atoms with Crippen molar-refractivity contribution in [2.45, 2.75) is 26.4 Å². The molecule has 1 atom stereocenters. The summed E-state index contributed by atoms with van der Waals surface area (Å²) in [6.07, 6.45) is 0. The van der Waals surface area contributed by atoms with E-state index in [2.05, 4.69) is 36.2 Å². The first kappa shape index (κ1) is 11.8. The van der Waals surface area contributed by atoms with Gasteiger partial charge in [0.05, 0.1) is 0 Å². The molecule has 3 rings (SSSR count). The molecule has 4 heteroatoms. The van der Waals surface area contributed by atoms with Crippen molar-refractivity contribution < 1.29 is 9.47 Å². The molecular formula is C14H20N2O2. The molecule has 0 radical (unpaired) electrons. The van der Waals surface area contributed by atoms with Gasteiger partial charge in [0.1, 0.15) is 0 Å². The second kappa shape index (κ2) is 4.78. The van der Waals surface area contributed by atoms with Crippen LogP contribution < -0.4 is 14.8 Å². The molecule has 1 aromatic carbocycles. The lowest BCUT2D eigenvalue weighted by Crippen LogP contribution is -2.39. The average molecular weight is 248 g/mol. The van der Waals surface area contributed by atoms with Gasteiger partial charge in [-0.15, -0.1) is 0 Å². The lowest BCUT2D eigenvalue weighted by molar-refractivity contribution is 0.173. The lowest BCUT2D eigenvalue weighted by Gasteiger charge is -2.35. The minimum atomic E-state index is 0.349. The minimum absolute atomic E-state index is 0.349. The summed E-state index contributed by atoms with van der Waals surface area (Å²) < 4.78 is 10.9. The van der Waals surface area contributed by atoms with Gasteiger partial charge in [-0.1, -0.05) is 13.8 Å². The highest BCUT2D eigenvalue weighted by Crippen LogP contribution is 2.39. The van der Waals surface area contributed by atoms with Crippen molar-refractivity contribution in [3.63, 3.8) is 0 Å². The summed E-state index contributed by atoms with van der Waals surface area (Å²) in [5.74, 6) is 1.78. The maximum atomic E-state index is 5.50. The first-order chi connectivity index (χ1) is 8.83. The molecule has 0 fully saturated rings. The molecule has 18 heavy (non-hydrogen) atoms. The number of hydrogen-bond donors (Lipinski definition) is 1. The predicted molar refractivity (Wildman–Crippen MR) is 69.9 cm³/mol. The molecule has 0 aromatic heterocycles. The van der Waals surface area contributed by atoms with Crippen LogP contribution in [-0.4, -0.2) is 31.3 Å². The Morgan fingerprint density at radius 1 is 1.22 bits per heavy atom. The van der Waals surface area contributed by atoms with E-state index in [0.717, 1.165) is 37.7 Å². The number of nitrogens with zero attached hydrogens (tertiary/aromatic N) is 1. The molecule has 0 saturated heterocycles. The third-order valence-electron chi connectivity index (χ3n) is 3.90. The van der Waals surface area contributed by atoms with Crippen molar-refractivity contribution >= 4 is 0 Å². The summed E-state index contributed by atoms with van der Waals surface area (Å²) >= 11 is 0. The Balaban J connectivity index is 1.99. The molecule has 2 aliphatic heterocycles. The Bertz CT molecular complexity index is 444. The summed E-state index contributed by atoms with van der Waals surface area (Å²) in [6.45, 7) is 8.84. The van der Waals surface area contributed by atoms with Gasteiger partial charge in [-0.05, 0) is 36.3 Å². The zero-order valence-corrected chi connectivity index (χ0v) is 11.0. The van der Waals surface area contributed by atoms with Crippen molar-refractivity contribution in [1.82, 2.24) is 10.2 Å². The van der Waals surface area contributed by atoms with Crippen LogP contribution in [0.5, 0.6) is 11.5 Å². The maximum Gasteiger partial charge on any atom is 0.231 e. The fourth-order valence-corrected chi connectivity index (χ4v) is 2.91. The van der Waals surface area contributed by atoms with E-state index in [1.165, 1.54) is 11.1 Å². The Labute approximate surface area is 108 Å². The number of rotatable bonds is 3. The molecule has 0 bridgehead atoms. The standard InChI is InChI=1S/C14H20N2O2/c1-3-16(4-2)12-8-15-7-10-5-13-14(6-11(10)12)18-9-17-13/h5-6,12,15H,3-4,7-9H2,1-2H3/t12-/m1/s1. The molecule has 0 spiro atoms. The van der Waals surface area contributed by atoms with Crippen LogP contribution in [0.2, 0.25) is 0 Å². The van der Waals surface area contributed by atoms with Crippen LogP contribution in [-0.2, 0) is 6.54 Å². The van der Waals surface area contributed by atoms with Gasteiger partial charge in [0.25, 0.3) is 0 Å². The van der Waals surface area contributed by atoms with Crippen LogP contribution in [0.3, 0.4) is 0 Å². The summed E-state index contributed by atoms with van der Waals surface area (Å²) in [5.41, 5.74) is 2.73. The molecule has 0 aliphatic carbocycles. The summed E-state index contributed by atoms with van der Waals surface area (Å²) in [4.78, 5) is 2.48. The van der Waals surface area contributed by atoms with E-state index in [1.807, 2.05) is 0 Å². The van der Waals surface area contributed by atoms with Gasteiger partial charge in [-0.2, -0.15) is 0 Å². The Kier molecular flexibility index (Phi) is 3.14. The maximum absolute atomic E-state index is 5.50. The zero-order valence-electron chi connectivity index (χ0n) is 11.0. The second-order valence-corrected chi connectivity index (χ2v) is 4.77. The number of nitrogens with one attached hydrogen (secondary N) is 1. The molecule has 1 N–H and O–H groups in total. The lowest BCUT2D eigenvalue weighted by atomic mass is 9.94. The van der Waals surface area contributed by atoms with E-state index in [0.29, 0.717) is 12.8 Å². The third-order valence-corrected chi connectivity index (χ3v) is 3.90. The molecular weight excluding hydrogens is 228 g/mol. The zero-order chi connectivity index (χ0) is 12.5. The van der Waals surface area contributed by atoms with Gasteiger partial charge in [0, 0.05) is 19.1 Å². The molecule has 0 saturated carbocycles. The molecule has 2 aliphatic rings. The SMILES string of the molecule is CCN(CC)[C@@H]1CNCc2cc3c(cc21)OCO3. The number of ether oxygens (including phenoxy) is 2. The van der Waals surface area contributed by atoms with Gasteiger partial charge in [-0.3, -0.25) is 4.90 Å². The highest BCUT2D eigenvalue weighted by atomic mass is 16.7. The quantitative estimate of drug-likeness (QED) is 0.886. The summed E-state index contributed by atoms with van der Waals surface area (Å²) in [7, 11) is 0. The van der Waals surface area contributed by atoms with Crippen LogP contribution >= 0.6 is 0 Å². The molecule has 98 valence electrons. The first-order valence-corrected chi connectivity index (χ1v) is 6.70. The van der Waals surface area contributed by atoms with E-state index < -0.39 is 0 Å². The molecule has 0 amide bonds. The third kappa shape index (κ3) is 1.85. The Hall–Kier alpha value is -1.26. The highest BCUT2D eigenvalue weighted by molar-refractivity contribution is 5.50. The van der Waals surface area contributed by atoms with Crippen molar-refractivity contribution in [1.29, 1.82) is 0 Å². The minimum Gasteiger partial charge on any atom is -0.454 e. The Morgan fingerprint density at radius 2 is 1.94 bits per heavy atom. The topological polar surface area (TPSA) is 33.7 Å². The van der Waals surface area contributed by atoms with E-state index in [1.54, 1.807) is 0 Å². The van der Waals surface area contributed by atoms with E-state index >= 15 is 0 Å². The van der Waals surface area contributed by atoms with Gasteiger partial charge in [0.2, 0.25) is 6.79 Å². The smallest absolute Gasteiger partial charge is 0.231 e. The van der Waals surface area contributed by atoms with Crippen molar-refractivity contribution in [2.24, 2.45) is 0 Å². The van der Waals surface area contributed by atoms with Crippen LogP contribution in [0.15, 0.2) is 12.1 Å². The van der Waals surface area contributed by atoms with Crippen LogP contribution in [0.25, 0.3) is 0 Å². The fourth-order valence-electron chi connectivity index (χ4n) is 2.91. The van der Waals surface area contributed by atoms with Crippen LogP contribution in [0, 0.1) is 0 Å². The van der Waals surface area contributed by atoms with Crippen molar-refractivity contribution in [3.05, 3.63) is 23.3 Å². The van der Waals surface area contributed by atoms with E-state index in [9.17, 15) is 0 Å². The largest absolute Gasteiger partial charge is 0.454 e. The molecule has 1 aromatic rings. The van der Waals surface area contributed by atoms with Gasteiger partial charge >= 0.3 is 0 Å². The highest BCUT2D eigenvalue weighted by Gasteiger charge is 2.27. The van der Waals surface area contributed by atoms with Gasteiger partial charge in [-0.25, -0.2) is 0 Å². The number of likely N-dealkylation sites (N-methyl/N-ethyl adjacent to an activating group) is 1. The van der Waals surface area contributed by atoms with Gasteiger partial charge < -0.3 is 14.8 Å². The number of fused-ring (bicyclic) bond motifs is 2. The normalized spacial score (nSPS) is 21.2.